The van der Waals surface area contributed by atoms with Crippen molar-refractivity contribution in [2.75, 3.05) is 39.6 Å². The van der Waals surface area contributed by atoms with Crippen LogP contribution in [0.4, 0.5) is 0 Å². The van der Waals surface area contributed by atoms with Crippen molar-refractivity contribution in [1.82, 2.24) is 5.32 Å². The second kappa shape index (κ2) is 10.3. The van der Waals surface area contributed by atoms with Gasteiger partial charge in [0.15, 0.2) is 0 Å². The number of fused-ring (bicyclic) bond motifs is 2. The molecule has 23 heavy (non-hydrogen) atoms. The molecular weight excluding hydrogens is 294 g/mol. The van der Waals surface area contributed by atoms with Crippen LogP contribution in [0.2, 0.25) is 0 Å². The third-order valence-electron chi connectivity index (χ3n) is 5.12. The summed E-state index contributed by atoms with van der Waals surface area (Å²) in [6.07, 6.45) is 7.29. The quantitative estimate of drug-likeness (QED) is 0.602. The molecule has 0 aromatic carbocycles. The van der Waals surface area contributed by atoms with Gasteiger partial charge >= 0.3 is 0 Å². The number of carbonyl (C=O) groups is 1. The van der Waals surface area contributed by atoms with E-state index in [1.165, 1.54) is 32.1 Å². The van der Waals surface area contributed by atoms with Crippen LogP contribution in [0, 0.1) is 23.7 Å². The Morgan fingerprint density at radius 1 is 1.00 bits per heavy atom. The second-order valence-electron chi connectivity index (χ2n) is 7.38. The Hall–Kier alpha value is -0.650. The van der Waals surface area contributed by atoms with Crippen LogP contribution < -0.4 is 5.32 Å². The first-order valence-corrected chi connectivity index (χ1v) is 9.20. The van der Waals surface area contributed by atoms with Crippen molar-refractivity contribution in [3.63, 3.8) is 0 Å². The van der Waals surface area contributed by atoms with Gasteiger partial charge in [-0.05, 0) is 55.8 Å². The topological polar surface area (TPSA) is 67.8 Å². The fraction of sp³-hybridized carbons (Fsp3) is 0.944. The average molecular weight is 327 g/mol. The SMILES string of the molecule is CC1CC2CC(CC(=O)NCCOCCOCCO)CC(C1)C2. The van der Waals surface area contributed by atoms with Gasteiger partial charge < -0.3 is 19.9 Å². The Morgan fingerprint density at radius 3 is 2.30 bits per heavy atom. The third-order valence-corrected chi connectivity index (χ3v) is 5.12. The minimum Gasteiger partial charge on any atom is -0.394 e. The monoisotopic (exact) mass is 327 g/mol. The van der Waals surface area contributed by atoms with Gasteiger partial charge in [0, 0.05) is 13.0 Å². The summed E-state index contributed by atoms with van der Waals surface area (Å²) in [7, 11) is 0. The highest BCUT2D eigenvalue weighted by atomic mass is 16.5. The van der Waals surface area contributed by atoms with Crippen molar-refractivity contribution in [3.8, 4) is 0 Å². The van der Waals surface area contributed by atoms with Crippen LogP contribution in [0.3, 0.4) is 0 Å². The fourth-order valence-corrected chi connectivity index (χ4v) is 4.47. The van der Waals surface area contributed by atoms with Crippen LogP contribution in [0.1, 0.15) is 45.4 Å². The van der Waals surface area contributed by atoms with E-state index in [0.29, 0.717) is 45.3 Å². The van der Waals surface area contributed by atoms with E-state index in [4.69, 9.17) is 14.6 Å². The maximum atomic E-state index is 12.1. The van der Waals surface area contributed by atoms with E-state index in [9.17, 15) is 4.79 Å². The summed E-state index contributed by atoms with van der Waals surface area (Å²) < 4.78 is 10.5. The van der Waals surface area contributed by atoms with E-state index in [1.54, 1.807) is 0 Å². The van der Waals surface area contributed by atoms with E-state index in [2.05, 4.69) is 12.2 Å². The molecule has 0 radical (unpaired) electrons. The molecule has 2 aliphatic rings. The van der Waals surface area contributed by atoms with Gasteiger partial charge in [-0.15, -0.1) is 0 Å². The Labute approximate surface area is 140 Å². The molecule has 2 rings (SSSR count). The molecule has 134 valence electrons. The Bertz CT molecular complexity index is 332. The summed E-state index contributed by atoms with van der Waals surface area (Å²) in [5, 5.41) is 11.5. The molecule has 0 aromatic heterocycles. The molecule has 2 fully saturated rings. The number of rotatable bonds is 10. The van der Waals surface area contributed by atoms with Crippen LogP contribution in [-0.2, 0) is 14.3 Å². The van der Waals surface area contributed by atoms with Crippen molar-refractivity contribution >= 4 is 5.91 Å². The first-order valence-electron chi connectivity index (χ1n) is 9.20. The smallest absolute Gasteiger partial charge is 0.220 e. The molecule has 0 aliphatic heterocycles. The van der Waals surface area contributed by atoms with Crippen LogP contribution in [-0.4, -0.2) is 50.6 Å². The maximum absolute atomic E-state index is 12.1. The van der Waals surface area contributed by atoms with E-state index in [0.717, 1.165) is 17.8 Å². The molecule has 0 aromatic rings. The summed E-state index contributed by atoms with van der Waals surface area (Å²) >= 11 is 0. The molecule has 0 heterocycles. The zero-order chi connectivity index (χ0) is 16.5. The lowest BCUT2D eigenvalue weighted by molar-refractivity contribution is -0.122. The van der Waals surface area contributed by atoms with E-state index in [1.807, 2.05) is 0 Å². The molecule has 2 N–H and O–H groups in total. The van der Waals surface area contributed by atoms with Crippen LogP contribution in [0.25, 0.3) is 0 Å². The number of ether oxygens (including phenoxy) is 2. The summed E-state index contributed by atoms with van der Waals surface area (Å²) in [4.78, 5) is 12.1. The van der Waals surface area contributed by atoms with Crippen LogP contribution in [0.15, 0.2) is 0 Å². The molecule has 5 nitrogen and oxygen atoms in total. The Balaban J connectivity index is 1.50. The normalized spacial score (nSPS) is 30.2. The zero-order valence-electron chi connectivity index (χ0n) is 14.5. The lowest BCUT2D eigenvalue weighted by Crippen LogP contribution is -2.34. The maximum Gasteiger partial charge on any atom is 0.220 e. The minimum absolute atomic E-state index is 0.0395. The Kier molecular flexibility index (Phi) is 8.34. The van der Waals surface area contributed by atoms with Crippen molar-refractivity contribution in [2.24, 2.45) is 23.7 Å². The highest BCUT2D eigenvalue weighted by Crippen LogP contribution is 2.45. The highest BCUT2D eigenvalue weighted by molar-refractivity contribution is 5.76. The van der Waals surface area contributed by atoms with Gasteiger partial charge in [-0.25, -0.2) is 0 Å². The predicted octanol–water partition coefficient (Wildman–Crippen LogP) is 1.98. The Morgan fingerprint density at radius 2 is 1.65 bits per heavy atom. The molecule has 2 bridgehead atoms. The average Bonchev–Trinajstić information content (AvgIpc) is 2.48. The largest absolute Gasteiger partial charge is 0.394 e. The molecule has 2 atom stereocenters. The van der Waals surface area contributed by atoms with E-state index in [-0.39, 0.29) is 12.5 Å². The number of amides is 1. The highest BCUT2D eigenvalue weighted by Gasteiger charge is 2.35. The van der Waals surface area contributed by atoms with Gasteiger partial charge in [0.25, 0.3) is 0 Å². The first-order chi connectivity index (χ1) is 11.2. The van der Waals surface area contributed by atoms with E-state index >= 15 is 0 Å². The zero-order valence-corrected chi connectivity index (χ0v) is 14.5. The van der Waals surface area contributed by atoms with Crippen molar-refractivity contribution < 1.29 is 19.4 Å². The van der Waals surface area contributed by atoms with Crippen LogP contribution in [0.5, 0.6) is 0 Å². The lowest BCUT2D eigenvalue weighted by Gasteiger charge is -2.41. The molecule has 2 unspecified atom stereocenters. The van der Waals surface area contributed by atoms with Crippen molar-refractivity contribution in [3.05, 3.63) is 0 Å². The summed E-state index contributed by atoms with van der Waals surface area (Å²) in [5.41, 5.74) is 0. The number of aliphatic hydroxyl groups excluding tert-OH is 1. The molecule has 0 saturated heterocycles. The van der Waals surface area contributed by atoms with Crippen molar-refractivity contribution in [2.45, 2.75) is 45.4 Å². The van der Waals surface area contributed by atoms with Crippen molar-refractivity contribution in [1.29, 1.82) is 0 Å². The van der Waals surface area contributed by atoms with Crippen LogP contribution >= 0.6 is 0 Å². The van der Waals surface area contributed by atoms with Gasteiger partial charge in [0.2, 0.25) is 5.91 Å². The molecule has 5 heteroatoms. The molecule has 2 aliphatic carbocycles. The van der Waals surface area contributed by atoms with E-state index < -0.39 is 0 Å². The standard InChI is InChI=1S/C18H33NO4/c1-14-8-15-10-16(9-14)12-17(11-15)13-18(21)19-2-4-22-6-7-23-5-3-20/h14-17,20H,2-13H2,1H3,(H,19,21). The molecule has 1 amide bonds. The first kappa shape index (κ1) is 18.7. The van der Waals surface area contributed by atoms with Gasteiger partial charge in [-0.2, -0.15) is 0 Å². The minimum atomic E-state index is 0.0395. The molecular formula is C18H33NO4. The number of nitrogens with one attached hydrogen (secondary N) is 1. The lowest BCUT2D eigenvalue weighted by atomic mass is 9.64. The fourth-order valence-electron chi connectivity index (χ4n) is 4.47. The predicted molar refractivity (Wildman–Crippen MR) is 89.1 cm³/mol. The van der Waals surface area contributed by atoms with Gasteiger partial charge in [0.1, 0.15) is 0 Å². The number of hydrogen-bond donors (Lipinski definition) is 2. The summed E-state index contributed by atoms with van der Waals surface area (Å²) in [6.45, 7) is 4.83. The molecule has 2 saturated carbocycles. The van der Waals surface area contributed by atoms with Gasteiger partial charge in [-0.3, -0.25) is 4.79 Å². The van der Waals surface area contributed by atoms with Gasteiger partial charge in [-0.1, -0.05) is 6.92 Å². The van der Waals surface area contributed by atoms with Gasteiger partial charge in [0.05, 0.1) is 33.0 Å². The number of carbonyl (C=O) groups excluding carboxylic acids is 1. The summed E-state index contributed by atoms with van der Waals surface area (Å²) in [6, 6.07) is 0. The molecule has 0 spiro atoms. The third kappa shape index (κ3) is 7.19. The number of aliphatic hydroxyl groups is 1. The second-order valence-corrected chi connectivity index (χ2v) is 7.38. The summed E-state index contributed by atoms with van der Waals surface area (Å²) in [5.74, 6) is 3.35. The number of hydrogen-bond acceptors (Lipinski definition) is 4.